The van der Waals surface area contributed by atoms with E-state index < -0.39 is 11.9 Å². The number of nitrogens with one attached hydrogen (secondary N) is 1. The van der Waals surface area contributed by atoms with E-state index in [4.69, 9.17) is 0 Å². The van der Waals surface area contributed by atoms with Crippen LogP contribution in [0, 0.1) is 11.7 Å². The van der Waals surface area contributed by atoms with Gasteiger partial charge in [-0.15, -0.1) is 10.2 Å². The number of tetrazole rings is 1. The Kier molecular flexibility index (Phi) is 8.42. The van der Waals surface area contributed by atoms with E-state index in [2.05, 4.69) is 34.6 Å². The molecule has 0 saturated heterocycles. The molecule has 1 heterocycles. The summed E-state index contributed by atoms with van der Waals surface area (Å²) in [6, 6.07) is 19.7. The van der Waals surface area contributed by atoms with Crippen LogP contribution >= 0.6 is 0 Å². The molecule has 4 aromatic rings. The Morgan fingerprint density at radius 1 is 1.00 bits per heavy atom. The second kappa shape index (κ2) is 12.1. The summed E-state index contributed by atoms with van der Waals surface area (Å²) < 4.78 is 13.3. The van der Waals surface area contributed by atoms with Crippen LogP contribution in [0.3, 0.4) is 0 Å². The van der Waals surface area contributed by atoms with Crippen molar-refractivity contribution in [2.24, 2.45) is 5.92 Å². The molecule has 0 radical (unpaired) electrons. The molecule has 1 aromatic heterocycles. The number of hydrogen-bond donors (Lipinski definition) is 2. The summed E-state index contributed by atoms with van der Waals surface area (Å²) in [5.41, 5.74) is 1.59. The molecular formula is C28H29FN6O3. The van der Waals surface area contributed by atoms with Crippen LogP contribution in [0.15, 0.2) is 78.9 Å². The van der Waals surface area contributed by atoms with E-state index in [1.807, 2.05) is 6.07 Å². The van der Waals surface area contributed by atoms with Gasteiger partial charge in [-0.2, -0.15) is 4.80 Å². The Morgan fingerprint density at radius 2 is 1.68 bits per heavy atom. The molecule has 0 saturated carbocycles. The van der Waals surface area contributed by atoms with Crippen LogP contribution in [0.5, 0.6) is 5.75 Å². The summed E-state index contributed by atoms with van der Waals surface area (Å²) >= 11 is 0. The standard InChI is InChI=1S/C28H29FN6O3/c1-19(2)16-17-30-28(38)26(20-10-14-24(36)15-11-20)35(23-6-4-3-5-7-23)25(37)18-34-32-27(31-33-34)21-8-12-22(29)13-9-21/h3-15,19,26,36H,16-18H2,1-2H3,(H,30,38). The number of phenolic OH excluding ortho intramolecular Hbond substituents is 1. The van der Waals surface area contributed by atoms with Crippen LogP contribution in [-0.4, -0.2) is 43.7 Å². The van der Waals surface area contributed by atoms with E-state index in [1.165, 1.54) is 41.3 Å². The third-order valence-corrected chi connectivity index (χ3v) is 5.87. The van der Waals surface area contributed by atoms with Gasteiger partial charge in [-0.25, -0.2) is 4.39 Å². The molecule has 0 aliphatic heterocycles. The van der Waals surface area contributed by atoms with E-state index in [-0.39, 0.29) is 29.8 Å². The second-order valence-corrected chi connectivity index (χ2v) is 9.22. The SMILES string of the molecule is CC(C)CCNC(=O)C(c1ccc(O)cc1)N(C(=O)Cn1nnc(-c2ccc(F)cc2)n1)c1ccccc1. The Morgan fingerprint density at radius 3 is 2.34 bits per heavy atom. The van der Waals surface area contributed by atoms with Gasteiger partial charge in [0.05, 0.1) is 0 Å². The molecule has 10 heteroatoms. The molecule has 0 bridgehead atoms. The highest BCUT2D eigenvalue weighted by Crippen LogP contribution is 2.29. The molecule has 0 fully saturated rings. The number of phenols is 1. The lowest BCUT2D eigenvalue weighted by Crippen LogP contribution is -2.45. The van der Waals surface area contributed by atoms with Crippen LogP contribution in [0.2, 0.25) is 0 Å². The number of carbonyl (C=O) groups is 2. The number of para-hydroxylation sites is 1. The van der Waals surface area contributed by atoms with Gasteiger partial charge < -0.3 is 10.4 Å². The highest BCUT2D eigenvalue weighted by Gasteiger charge is 2.33. The summed E-state index contributed by atoms with van der Waals surface area (Å²) in [4.78, 5) is 29.9. The largest absolute Gasteiger partial charge is 0.508 e. The smallest absolute Gasteiger partial charge is 0.251 e. The van der Waals surface area contributed by atoms with Crippen molar-refractivity contribution in [3.63, 3.8) is 0 Å². The zero-order valence-corrected chi connectivity index (χ0v) is 21.2. The maximum absolute atomic E-state index is 13.8. The first-order valence-corrected chi connectivity index (χ1v) is 12.3. The monoisotopic (exact) mass is 516 g/mol. The topological polar surface area (TPSA) is 113 Å². The second-order valence-electron chi connectivity index (χ2n) is 9.22. The van der Waals surface area contributed by atoms with E-state index in [0.29, 0.717) is 29.3 Å². The molecule has 38 heavy (non-hydrogen) atoms. The molecule has 0 aliphatic carbocycles. The van der Waals surface area contributed by atoms with Crippen molar-refractivity contribution in [2.75, 3.05) is 11.4 Å². The maximum Gasteiger partial charge on any atom is 0.251 e. The summed E-state index contributed by atoms with van der Waals surface area (Å²) in [5, 5.41) is 25.0. The van der Waals surface area contributed by atoms with E-state index in [1.54, 1.807) is 36.4 Å². The van der Waals surface area contributed by atoms with Crippen molar-refractivity contribution >= 4 is 17.5 Å². The first-order chi connectivity index (χ1) is 18.3. The van der Waals surface area contributed by atoms with Crippen molar-refractivity contribution in [3.05, 3.63) is 90.2 Å². The molecule has 196 valence electrons. The molecule has 0 aliphatic rings. The van der Waals surface area contributed by atoms with Crippen LogP contribution < -0.4 is 10.2 Å². The lowest BCUT2D eigenvalue weighted by atomic mass is 10.0. The van der Waals surface area contributed by atoms with Gasteiger partial charge in [0, 0.05) is 17.8 Å². The summed E-state index contributed by atoms with van der Waals surface area (Å²) in [7, 11) is 0. The maximum atomic E-state index is 13.8. The highest BCUT2D eigenvalue weighted by molar-refractivity contribution is 6.01. The highest BCUT2D eigenvalue weighted by atomic mass is 19.1. The zero-order valence-electron chi connectivity index (χ0n) is 21.2. The quantitative estimate of drug-likeness (QED) is 0.328. The number of hydrogen-bond acceptors (Lipinski definition) is 6. The average molecular weight is 517 g/mol. The Balaban J connectivity index is 1.67. The molecule has 1 atom stereocenters. The summed E-state index contributed by atoms with van der Waals surface area (Å²) in [6.45, 7) is 4.29. The third kappa shape index (κ3) is 6.58. The summed E-state index contributed by atoms with van der Waals surface area (Å²) in [5.74, 6) is -0.510. The number of halogens is 1. The average Bonchev–Trinajstić information content (AvgIpc) is 3.36. The summed E-state index contributed by atoms with van der Waals surface area (Å²) in [6.07, 6.45) is 0.780. The predicted octanol–water partition coefficient (Wildman–Crippen LogP) is 4.12. The van der Waals surface area contributed by atoms with Gasteiger partial charge in [0.2, 0.25) is 11.7 Å². The van der Waals surface area contributed by atoms with Gasteiger partial charge >= 0.3 is 0 Å². The number of aromatic nitrogens is 4. The number of benzene rings is 3. The van der Waals surface area contributed by atoms with Gasteiger partial charge in [-0.1, -0.05) is 44.2 Å². The lowest BCUT2D eigenvalue weighted by Gasteiger charge is -2.31. The van der Waals surface area contributed by atoms with Gasteiger partial charge in [0.15, 0.2) is 0 Å². The fourth-order valence-corrected chi connectivity index (χ4v) is 3.90. The molecule has 0 spiro atoms. The van der Waals surface area contributed by atoms with Crippen molar-refractivity contribution in [3.8, 4) is 17.1 Å². The molecule has 9 nitrogen and oxygen atoms in total. The minimum absolute atomic E-state index is 0.0467. The first-order valence-electron chi connectivity index (χ1n) is 12.3. The van der Waals surface area contributed by atoms with E-state index >= 15 is 0 Å². The minimum atomic E-state index is -1.02. The van der Waals surface area contributed by atoms with Crippen molar-refractivity contribution < 1.29 is 19.1 Å². The predicted molar refractivity (Wildman–Crippen MR) is 140 cm³/mol. The van der Waals surface area contributed by atoms with Crippen LogP contribution in [-0.2, 0) is 16.1 Å². The third-order valence-electron chi connectivity index (χ3n) is 5.87. The fraction of sp³-hybridized carbons (Fsp3) is 0.250. The zero-order chi connectivity index (χ0) is 27.1. The Hall–Kier alpha value is -4.60. The van der Waals surface area contributed by atoms with Gasteiger partial charge in [-0.05, 0) is 71.6 Å². The van der Waals surface area contributed by atoms with Gasteiger partial charge in [0.1, 0.15) is 24.2 Å². The number of nitrogens with zero attached hydrogens (tertiary/aromatic N) is 5. The van der Waals surface area contributed by atoms with Gasteiger partial charge in [0.25, 0.3) is 5.91 Å². The van der Waals surface area contributed by atoms with Gasteiger partial charge in [-0.3, -0.25) is 14.5 Å². The van der Waals surface area contributed by atoms with Crippen LogP contribution in [0.4, 0.5) is 10.1 Å². The van der Waals surface area contributed by atoms with Crippen molar-refractivity contribution in [1.82, 2.24) is 25.5 Å². The van der Waals surface area contributed by atoms with Crippen LogP contribution in [0.25, 0.3) is 11.4 Å². The van der Waals surface area contributed by atoms with Crippen molar-refractivity contribution in [2.45, 2.75) is 32.9 Å². The number of rotatable bonds is 10. The van der Waals surface area contributed by atoms with Crippen LogP contribution in [0.1, 0.15) is 31.9 Å². The lowest BCUT2D eigenvalue weighted by molar-refractivity contribution is -0.127. The molecule has 4 rings (SSSR count). The molecular weight excluding hydrogens is 487 g/mol. The van der Waals surface area contributed by atoms with E-state index in [0.717, 1.165) is 11.2 Å². The number of amides is 2. The van der Waals surface area contributed by atoms with E-state index in [9.17, 15) is 19.1 Å². The number of carbonyl (C=O) groups excluding carboxylic acids is 2. The minimum Gasteiger partial charge on any atom is -0.508 e. The molecule has 2 N–H and O–H groups in total. The number of anilines is 1. The fourth-order valence-electron chi connectivity index (χ4n) is 3.90. The molecule has 3 aromatic carbocycles. The first kappa shape index (κ1) is 26.5. The Bertz CT molecular complexity index is 1360. The number of aromatic hydroxyl groups is 1. The molecule has 1 unspecified atom stereocenters. The Labute approximate surface area is 219 Å². The normalized spacial score (nSPS) is 11.8. The van der Waals surface area contributed by atoms with Crippen molar-refractivity contribution in [1.29, 1.82) is 0 Å². The molecule has 2 amide bonds.